The van der Waals surface area contributed by atoms with Crippen LogP contribution in [0, 0.1) is 12.8 Å². The minimum atomic E-state index is 0.515. The number of aromatic nitrogens is 3. The van der Waals surface area contributed by atoms with Crippen molar-refractivity contribution in [2.75, 3.05) is 13.7 Å². The van der Waals surface area contributed by atoms with E-state index >= 15 is 0 Å². The first-order chi connectivity index (χ1) is 9.60. The third-order valence-corrected chi connectivity index (χ3v) is 3.98. The molecule has 0 aliphatic heterocycles. The van der Waals surface area contributed by atoms with Gasteiger partial charge in [0.1, 0.15) is 10.7 Å². The summed E-state index contributed by atoms with van der Waals surface area (Å²) in [6.45, 7) is 8.29. The van der Waals surface area contributed by atoms with Crippen LogP contribution in [0.15, 0.2) is 12.1 Å². The summed E-state index contributed by atoms with van der Waals surface area (Å²) in [6, 6.07) is 3.69. The highest BCUT2D eigenvalue weighted by atomic mass is 32.1. The average Bonchev–Trinajstić information content (AvgIpc) is 2.80. The van der Waals surface area contributed by atoms with Gasteiger partial charge in [0, 0.05) is 17.5 Å². The SMILES string of the molecule is COc1ccc(-c2nc(C)c(CNCC(C)C)s2)nn1. The first kappa shape index (κ1) is 14.9. The van der Waals surface area contributed by atoms with Crippen molar-refractivity contribution >= 4 is 11.3 Å². The first-order valence-corrected chi connectivity index (χ1v) is 7.47. The summed E-state index contributed by atoms with van der Waals surface area (Å²) in [6.07, 6.45) is 0. The molecule has 5 nitrogen and oxygen atoms in total. The monoisotopic (exact) mass is 292 g/mol. The molecule has 0 saturated carbocycles. The molecular weight excluding hydrogens is 272 g/mol. The van der Waals surface area contributed by atoms with Crippen molar-refractivity contribution in [2.45, 2.75) is 27.3 Å². The number of nitrogens with one attached hydrogen (secondary N) is 1. The molecule has 20 heavy (non-hydrogen) atoms. The second-order valence-electron chi connectivity index (χ2n) is 5.01. The van der Waals surface area contributed by atoms with Gasteiger partial charge < -0.3 is 10.1 Å². The molecule has 0 bridgehead atoms. The van der Waals surface area contributed by atoms with Crippen molar-refractivity contribution in [1.82, 2.24) is 20.5 Å². The van der Waals surface area contributed by atoms with E-state index in [-0.39, 0.29) is 0 Å². The fourth-order valence-corrected chi connectivity index (χ4v) is 2.72. The Morgan fingerprint density at radius 1 is 1.30 bits per heavy atom. The molecule has 0 radical (unpaired) electrons. The van der Waals surface area contributed by atoms with Gasteiger partial charge in [-0.05, 0) is 25.5 Å². The first-order valence-electron chi connectivity index (χ1n) is 6.65. The smallest absolute Gasteiger partial charge is 0.233 e. The molecule has 2 rings (SSSR count). The number of hydrogen-bond acceptors (Lipinski definition) is 6. The fourth-order valence-electron chi connectivity index (χ4n) is 1.72. The summed E-state index contributed by atoms with van der Waals surface area (Å²) in [4.78, 5) is 5.82. The van der Waals surface area contributed by atoms with Gasteiger partial charge in [-0.15, -0.1) is 21.5 Å². The molecule has 2 aromatic heterocycles. The van der Waals surface area contributed by atoms with Gasteiger partial charge in [-0.2, -0.15) is 0 Å². The van der Waals surface area contributed by atoms with Crippen LogP contribution in [0.5, 0.6) is 5.88 Å². The third kappa shape index (κ3) is 3.74. The van der Waals surface area contributed by atoms with E-state index in [9.17, 15) is 0 Å². The molecule has 0 aliphatic rings. The Morgan fingerprint density at radius 2 is 2.10 bits per heavy atom. The van der Waals surface area contributed by atoms with Gasteiger partial charge in [-0.25, -0.2) is 4.98 Å². The zero-order chi connectivity index (χ0) is 14.5. The number of rotatable bonds is 6. The van der Waals surface area contributed by atoms with Gasteiger partial charge in [-0.1, -0.05) is 13.8 Å². The van der Waals surface area contributed by atoms with Crippen LogP contribution in [0.4, 0.5) is 0 Å². The lowest BCUT2D eigenvalue weighted by atomic mass is 10.2. The second kappa shape index (κ2) is 6.76. The lowest BCUT2D eigenvalue weighted by Gasteiger charge is -2.05. The van der Waals surface area contributed by atoms with E-state index in [1.807, 2.05) is 13.0 Å². The predicted molar refractivity (Wildman–Crippen MR) is 81.0 cm³/mol. The predicted octanol–water partition coefficient (Wildman–Crippen LogP) is 2.66. The van der Waals surface area contributed by atoms with Gasteiger partial charge >= 0.3 is 0 Å². The molecule has 6 heteroatoms. The van der Waals surface area contributed by atoms with Crippen LogP contribution >= 0.6 is 11.3 Å². The molecule has 0 aliphatic carbocycles. The fraction of sp³-hybridized carbons (Fsp3) is 0.500. The summed E-state index contributed by atoms with van der Waals surface area (Å²) >= 11 is 1.66. The van der Waals surface area contributed by atoms with Crippen LogP contribution in [0.1, 0.15) is 24.4 Å². The van der Waals surface area contributed by atoms with Gasteiger partial charge in [0.25, 0.3) is 0 Å². The maximum atomic E-state index is 5.01. The number of thiazole rings is 1. The Labute approximate surface area is 123 Å². The number of nitrogens with zero attached hydrogens (tertiary/aromatic N) is 3. The van der Waals surface area contributed by atoms with E-state index in [4.69, 9.17) is 4.74 Å². The molecule has 0 saturated heterocycles. The minimum Gasteiger partial charge on any atom is -0.480 e. The molecule has 2 aromatic rings. The van der Waals surface area contributed by atoms with E-state index in [0.717, 1.165) is 29.5 Å². The van der Waals surface area contributed by atoms with Crippen LogP contribution in [-0.4, -0.2) is 28.8 Å². The summed E-state index contributed by atoms with van der Waals surface area (Å²) < 4.78 is 5.01. The molecule has 108 valence electrons. The van der Waals surface area contributed by atoms with E-state index in [1.54, 1.807) is 24.5 Å². The molecule has 2 heterocycles. The lowest BCUT2D eigenvalue weighted by Crippen LogP contribution is -2.18. The van der Waals surface area contributed by atoms with Crippen LogP contribution in [0.2, 0.25) is 0 Å². The van der Waals surface area contributed by atoms with E-state index in [1.165, 1.54) is 4.88 Å². The summed E-state index contributed by atoms with van der Waals surface area (Å²) in [5, 5.41) is 12.5. The standard InChI is InChI=1S/C14H20N4OS/c1-9(2)7-15-8-12-10(3)16-14(20-12)11-5-6-13(19-4)18-17-11/h5-6,9,15H,7-8H2,1-4H3. The highest BCUT2D eigenvalue weighted by Gasteiger charge is 2.11. The molecule has 0 unspecified atom stereocenters. The Balaban J connectivity index is 2.09. The Morgan fingerprint density at radius 3 is 2.70 bits per heavy atom. The molecule has 0 fully saturated rings. The summed E-state index contributed by atoms with van der Waals surface area (Å²) in [5.74, 6) is 1.16. The van der Waals surface area contributed by atoms with Crippen LogP contribution in [-0.2, 0) is 6.54 Å². The highest BCUT2D eigenvalue weighted by Crippen LogP contribution is 2.26. The van der Waals surface area contributed by atoms with E-state index in [0.29, 0.717) is 11.8 Å². The number of methoxy groups -OCH3 is 1. The van der Waals surface area contributed by atoms with Crippen LogP contribution < -0.4 is 10.1 Å². The highest BCUT2D eigenvalue weighted by molar-refractivity contribution is 7.15. The second-order valence-corrected chi connectivity index (χ2v) is 6.10. The van der Waals surface area contributed by atoms with Crippen molar-refractivity contribution < 1.29 is 4.74 Å². The maximum Gasteiger partial charge on any atom is 0.233 e. The van der Waals surface area contributed by atoms with Crippen LogP contribution in [0.3, 0.4) is 0 Å². The van der Waals surface area contributed by atoms with Crippen molar-refractivity contribution in [3.8, 4) is 16.6 Å². The quantitative estimate of drug-likeness (QED) is 0.887. The molecule has 0 aromatic carbocycles. The van der Waals surface area contributed by atoms with Gasteiger partial charge in [0.2, 0.25) is 5.88 Å². The minimum absolute atomic E-state index is 0.515. The molecule has 0 spiro atoms. The average molecular weight is 292 g/mol. The molecule has 0 atom stereocenters. The van der Waals surface area contributed by atoms with Crippen molar-refractivity contribution in [3.63, 3.8) is 0 Å². The van der Waals surface area contributed by atoms with Crippen molar-refractivity contribution in [1.29, 1.82) is 0 Å². The summed E-state index contributed by atoms with van der Waals surface area (Å²) in [7, 11) is 1.58. The topological polar surface area (TPSA) is 59.9 Å². The van der Waals surface area contributed by atoms with Gasteiger partial charge in [0.05, 0.1) is 12.8 Å². The van der Waals surface area contributed by atoms with E-state index < -0.39 is 0 Å². The molecule has 1 N–H and O–H groups in total. The van der Waals surface area contributed by atoms with Crippen molar-refractivity contribution in [3.05, 3.63) is 22.7 Å². The largest absolute Gasteiger partial charge is 0.480 e. The third-order valence-electron chi connectivity index (χ3n) is 2.80. The zero-order valence-electron chi connectivity index (χ0n) is 12.3. The van der Waals surface area contributed by atoms with Crippen LogP contribution in [0.25, 0.3) is 10.7 Å². The Hall–Kier alpha value is -1.53. The van der Waals surface area contributed by atoms with E-state index in [2.05, 4.69) is 34.3 Å². The van der Waals surface area contributed by atoms with Gasteiger partial charge in [-0.3, -0.25) is 0 Å². The zero-order valence-corrected chi connectivity index (χ0v) is 13.1. The molecular formula is C14H20N4OS. The van der Waals surface area contributed by atoms with Crippen molar-refractivity contribution in [2.24, 2.45) is 5.92 Å². The number of hydrogen-bond donors (Lipinski definition) is 1. The number of aryl methyl sites for hydroxylation is 1. The van der Waals surface area contributed by atoms with Gasteiger partial charge in [0.15, 0.2) is 0 Å². The Bertz CT molecular complexity index is 551. The number of ether oxygens (including phenoxy) is 1. The molecule has 0 amide bonds. The lowest BCUT2D eigenvalue weighted by molar-refractivity contribution is 0.392. The Kier molecular flexibility index (Phi) is 5.03. The normalized spacial score (nSPS) is 11.1. The summed E-state index contributed by atoms with van der Waals surface area (Å²) in [5.41, 5.74) is 1.84. The maximum absolute atomic E-state index is 5.01.